The molecule has 0 heterocycles. The van der Waals surface area contributed by atoms with Crippen LogP contribution in [0.2, 0.25) is 0 Å². The highest BCUT2D eigenvalue weighted by molar-refractivity contribution is 9.10. The molecule has 0 radical (unpaired) electrons. The fraction of sp³-hybridized carbons (Fsp3) is 0.250. The molecule has 2 aromatic carbocycles. The number of halogens is 1. The lowest BCUT2D eigenvalue weighted by Gasteiger charge is -2.16. The molecule has 0 amide bonds. The van der Waals surface area contributed by atoms with Gasteiger partial charge in [-0.1, -0.05) is 28.1 Å². The zero-order valence-electron chi connectivity index (χ0n) is 11.6. The van der Waals surface area contributed by atoms with Crippen LogP contribution in [0.15, 0.2) is 40.9 Å². The maximum Gasteiger partial charge on any atom is 0.272 e. The van der Waals surface area contributed by atoms with Gasteiger partial charge in [0, 0.05) is 21.8 Å². The fourth-order valence-corrected chi connectivity index (χ4v) is 3.49. The summed E-state index contributed by atoms with van der Waals surface area (Å²) in [5.74, 6) is 0. The maximum absolute atomic E-state index is 10.9. The molecule has 0 spiro atoms. The Balaban J connectivity index is 1.85. The second-order valence-corrected chi connectivity index (χ2v) is 6.16. The maximum atomic E-state index is 10.9. The minimum absolute atomic E-state index is 0.162. The number of nitro benzene ring substituents is 1. The summed E-state index contributed by atoms with van der Waals surface area (Å²) in [5, 5.41) is 14.3. The van der Waals surface area contributed by atoms with E-state index < -0.39 is 0 Å². The molecule has 4 nitrogen and oxygen atoms in total. The van der Waals surface area contributed by atoms with Gasteiger partial charge in [0.1, 0.15) is 0 Å². The average Bonchev–Trinajstić information content (AvgIpc) is 2.83. The minimum atomic E-state index is -0.346. The van der Waals surface area contributed by atoms with E-state index in [1.54, 1.807) is 19.1 Å². The molecular formula is C16H15BrN2O2. The van der Waals surface area contributed by atoms with Crippen LogP contribution in [0.3, 0.4) is 0 Å². The number of fused-ring (bicyclic) bond motifs is 1. The largest absolute Gasteiger partial charge is 0.378 e. The van der Waals surface area contributed by atoms with E-state index in [1.165, 1.54) is 11.1 Å². The Bertz CT molecular complexity index is 715. The molecule has 2 aromatic rings. The number of benzene rings is 2. The van der Waals surface area contributed by atoms with E-state index in [0.29, 0.717) is 5.56 Å². The molecule has 0 fully saturated rings. The highest BCUT2D eigenvalue weighted by Gasteiger charge is 2.24. The summed E-state index contributed by atoms with van der Waals surface area (Å²) < 4.78 is 1.16. The van der Waals surface area contributed by atoms with E-state index in [1.807, 2.05) is 12.1 Å². The number of nitrogens with zero attached hydrogens (tertiary/aromatic N) is 1. The van der Waals surface area contributed by atoms with Gasteiger partial charge in [-0.2, -0.15) is 0 Å². The van der Waals surface area contributed by atoms with Crippen molar-refractivity contribution in [1.82, 2.24) is 0 Å². The molecule has 5 heteroatoms. The van der Waals surface area contributed by atoms with Crippen LogP contribution in [0.4, 0.5) is 11.4 Å². The standard InChI is InChI=1S/C16H15BrN2O2/c1-10-9-11(5-8-16(10)19(20)21)18-15-7-6-12-13(15)3-2-4-14(12)17/h2-5,8-9,15,18H,6-7H2,1H3. The molecule has 0 aliphatic heterocycles. The molecule has 1 aliphatic rings. The number of hydrogen-bond acceptors (Lipinski definition) is 3. The van der Waals surface area contributed by atoms with Crippen LogP contribution < -0.4 is 5.32 Å². The molecule has 3 rings (SSSR count). The van der Waals surface area contributed by atoms with Crippen molar-refractivity contribution in [3.05, 3.63) is 67.7 Å². The van der Waals surface area contributed by atoms with Gasteiger partial charge in [0.15, 0.2) is 0 Å². The second-order valence-electron chi connectivity index (χ2n) is 5.30. The molecule has 1 N–H and O–H groups in total. The number of rotatable bonds is 3. The number of aryl methyl sites for hydroxylation is 1. The molecule has 108 valence electrons. The van der Waals surface area contributed by atoms with Gasteiger partial charge in [-0.25, -0.2) is 0 Å². The number of nitro groups is 1. The zero-order chi connectivity index (χ0) is 15.0. The topological polar surface area (TPSA) is 55.2 Å². The molecule has 1 aliphatic carbocycles. The van der Waals surface area contributed by atoms with Crippen LogP contribution >= 0.6 is 15.9 Å². The molecule has 1 unspecified atom stereocenters. The highest BCUT2D eigenvalue weighted by atomic mass is 79.9. The first-order valence-electron chi connectivity index (χ1n) is 6.85. The Hall–Kier alpha value is -1.88. The lowest BCUT2D eigenvalue weighted by atomic mass is 10.1. The third kappa shape index (κ3) is 2.65. The molecular weight excluding hydrogens is 332 g/mol. The highest BCUT2D eigenvalue weighted by Crippen LogP contribution is 2.38. The van der Waals surface area contributed by atoms with Crippen LogP contribution in [-0.4, -0.2) is 4.92 Å². The average molecular weight is 347 g/mol. The summed E-state index contributed by atoms with van der Waals surface area (Å²) in [5.41, 5.74) is 4.43. The van der Waals surface area contributed by atoms with E-state index in [0.717, 1.165) is 23.0 Å². The summed E-state index contributed by atoms with van der Waals surface area (Å²) in [4.78, 5) is 10.5. The van der Waals surface area contributed by atoms with Crippen molar-refractivity contribution in [1.29, 1.82) is 0 Å². The Labute approximate surface area is 131 Å². The Morgan fingerprint density at radius 2 is 2.14 bits per heavy atom. The Kier molecular flexibility index (Phi) is 3.68. The van der Waals surface area contributed by atoms with E-state index in [9.17, 15) is 10.1 Å². The Morgan fingerprint density at radius 1 is 1.33 bits per heavy atom. The lowest BCUT2D eigenvalue weighted by Crippen LogP contribution is -2.07. The molecule has 0 aromatic heterocycles. The summed E-state index contributed by atoms with van der Waals surface area (Å²) in [6.07, 6.45) is 2.08. The van der Waals surface area contributed by atoms with Gasteiger partial charge < -0.3 is 5.32 Å². The van der Waals surface area contributed by atoms with Gasteiger partial charge in [-0.15, -0.1) is 0 Å². The van der Waals surface area contributed by atoms with Crippen molar-refractivity contribution < 1.29 is 4.92 Å². The van der Waals surface area contributed by atoms with E-state index in [4.69, 9.17) is 0 Å². The van der Waals surface area contributed by atoms with Crippen LogP contribution in [0.25, 0.3) is 0 Å². The van der Waals surface area contributed by atoms with Crippen molar-refractivity contribution in [2.75, 3.05) is 5.32 Å². The van der Waals surface area contributed by atoms with Crippen molar-refractivity contribution in [3.8, 4) is 0 Å². The SMILES string of the molecule is Cc1cc(NC2CCc3c(Br)cccc32)ccc1[N+](=O)[O-]. The second kappa shape index (κ2) is 5.48. The van der Waals surface area contributed by atoms with E-state index in [2.05, 4.69) is 33.4 Å². The molecule has 1 atom stereocenters. The van der Waals surface area contributed by atoms with Crippen molar-refractivity contribution in [2.45, 2.75) is 25.8 Å². The van der Waals surface area contributed by atoms with E-state index in [-0.39, 0.29) is 16.7 Å². The first kappa shape index (κ1) is 14.1. The van der Waals surface area contributed by atoms with E-state index >= 15 is 0 Å². The first-order valence-corrected chi connectivity index (χ1v) is 7.64. The third-order valence-corrected chi connectivity index (χ3v) is 4.69. The molecule has 0 saturated carbocycles. The minimum Gasteiger partial charge on any atom is -0.378 e. The zero-order valence-corrected chi connectivity index (χ0v) is 13.2. The van der Waals surface area contributed by atoms with Gasteiger partial charge in [0.2, 0.25) is 0 Å². The van der Waals surface area contributed by atoms with Crippen LogP contribution in [-0.2, 0) is 6.42 Å². The normalized spacial score (nSPS) is 16.6. The Morgan fingerprint density at radius 3 is 2.86 bits per heavy atom. The van der Waals surface area contributed by atoms with Crippen molar-refractivity contribution in [3.63, 3.8) is 0 Å². The van der Waals surface area contributed by atoms with Crippen molar-refractivity contribution >= 4 is 27.3 Å². The van der Waals surface area contributed by atoms with Gasteiger partial charge in [-0.3, -0.25) is 10.1 Å². The quantitative estimate of drug-likeness (QED) is 0.643. The summed E-state index contributed by atoms with van der Waals surface area (Å²) in [6.45, 7) is 1.77. The van der Waals surface area contributed by atoms with Crippen molar-refractivity contribution in [2.24, 2.45) is 0 Å². The summed E-state index contributed by atoms with van der Waals surface area (Å²) in [6, 6.07) is 11.7. The molecule has 0 saturated heterocycles. The number of anilines is 1. The van der Waals surface area contributed by atoms with Crippen LogP contribution in [0.1, 0.15) is 29.2 Å². The predicted molar refractivity (Wildman–Crippen MR) is 86.7 cm³/mol. The monoisotopic (exact) mass is 346 g/mol. The van der Waals surface area contributed by atoms with Gasteiger partial charge in [0.25, 0.3) is 5.69 Å². The number of nitrogens with one attached hydrogen (secondary N) is 1. The van der Waals surface area contributed by atoms with Crippen LogP contribution in [0, 0.1) is 17.0 Å². The van der Waals surface area contributed by atoms with Gasteiger partial charge in [0.05, 0.1) is 11.0 Å². The first-order chi connectivity index (χ1) is 10.1. The molecule has 0 bridgehead atoms. The smallest absolute Gasteiger partial charge is 0.272 e. The van der Waals surface area contributed by atoms with Crippen LogP contribution in [0.5, 0.6) is 0 Å². The fourth-order valence-electron chi connectivity index (χ4n) is 2.91. The summed E-state index contributed by atoms with van der Waals surface area (Å²) in [7, 11) is 0. The molecule has 21 heavy (non-hydrogen) atoms. The van der Waals surface area contributed by atoms with Gasteiger partial charge in [-0.05, 0) is 49.1 Å². The number of hydrogen-bond donors (Lipinski definition) is 1. The van der Waals surface area contributed by atoms with Gasteiger partial charge >= 0.3 is 0 Å². The predicted octanol–water partition coefficient (Wildman–Crippen LogP) is 4.77. The summed E-state index contributed by atoms with van der Waals surface area (Å²) >= 11 is 3.59. The lowest BCUT2D eigenvalue weighted by molar-refractivity contribution is -0.385. The third-order valence-electron chi connectivity index (χ3n) is 3.95.